The lowest BCUT2D eigenvalue weighted by atomic mass is 10.2. The summed E-state index contributed by atoms with van der Waals surface area (Å²) in [5, 5.41) is 10.1. The van der Waals surface area contributed by atoms with Crippen LogP contribution >= 0.6 is 11.8 Å². The van der Waals surface area contributed by atoms with Crippen molar-refractivity contribution in [2.75, 3.05) is 7.11 Å². The van der Waals surface area contributed by atoms with Crippen molar-refractivity contribution in [2.24, 2.45) is 0 Å². The summed E-state index contributed by atoms with van der Waals surface area (Å²) < 4.78 is 7.37. The normalized spacial score (nSPS) is 14.7. The second kappa shape index (κ2) is 5.78. The van der Waals surface area contributed by atoms with Crippen molar-refractivity contribution in [3.63, 3.8) is 0 Å². The summed E-state index contributed by atoms with van der Waals surface area (Å²) in [5.74, 6) is 1.65. The van der Waals surface area contributed by atoms with Gasteiger partial charge in [0.25, 0.3) is 0 Å². The fourth-order valence-corrected chi connectivity index (χ4v) is 3.16. The van der Waals surface area contributed by atoms with E-state index in [-0.39, 0.29) is 0 Å². The molecule has 6 nitrogen and oxygen atoms in total. The molecule has 0 aliphatic carbocycles. The summed E-state index contributed by atoms with van der Waals surface area (Å²) in [6, 6.07) is 1.81. The molecule has 0 bridgehead atoms. The molecule has 106 valence electrons. The number of methoxy groups -OCH3 is 1. The molecule has 2 aromatic rings. The summed E-state index contributed by atoms with van der Waals surface area (Å²) in [6.45, 7) is 2.91. The lowest BCUT2D eigenvalue weighted by molar-refractivity contribution is 0.391. The monoisotopic (exact) mass is 291 g/mol. The molecular formula is C13H17N5OS. The van der Waals surface area contributed by atoms with Crippen molar-refractivity contribution in [1.29, 1.82) is 0 Å². The number of nitrogens with zero attached hydrogens (tertiary/aromatic N) is 5. The highest BCUT2D eigenvalue weighted by atomic mass is 32.2. The van der Waals surface area contributed by atoms with E-state index in [4.69, 9.17) is 4.74 Å². The van der Waals surface area contributed by atoms with Crippen LogP contribution in [0.5, 0.6) is 5.88 Å². The van der Waals surface area contributed by atoms with Crippen molar-refractivity contribution in [2.45, 2.75) is 49.5 Å². The molecule has 0 atom stereocenters. The fraction of sp³-hybridized carbons (Fsp3) is 0.538. The molecule has 0 saturated heterocycles. The first kappa shape index (κ1) is 13.4. The fourth-order valence-electron chi connectivity index (χ4n) is 2.28. The third kappa shape index (κ3) is 2.77. The second-order valence-corrected chi connectivity index (χ2v) is 5.73. The molecule has 2 aromatic heterocycles. The Morgan fingerprint density at radius 1 is 1.20 bits per heavy atom. The number of hydrogen-bond acceptors (Lipinski definition) is 6. The highest BCUT2D eigenvalue weighted by Crippen LogP contribution is 2.27. The summed E-state index contributed by atoms with van der Waals surface area (Å²) in [4.78, 5) is 8.77. The minimum atomic E-state index is 0.579. The smallest absolute Gasteiger partial charge is 0.217 e. The number of aromatic nitrogens is 5. The number of hydrogen-bond donors (Lipinski definition) is 0. The second-order valence-electron chi connectivity index (χ2n) is 4.80. The summed E-state index contributed by atoms with van der Waals surface area (Å²) in [6.07, 6.45) is 4.63. The molecule has 0 spiro atoms. The van der Waals surface area contributed by atoms with Crippen molar-refractivity contribution in [3.05, 3.63) is 17.6 Å². The van der Waals surface area contributed by atoms with E-state index in [0.29, 0.717) is 11.0 Å². The summed E-state index contributed by atoms with van der Waals surface area (Å²) >= 11 is 1.45. The first-order valence-electron chi connectivity index (χ1n) is 6.76. The SMILES string of the molecule is COc1cc(C)nc(Sc2nnc3n2CCCCC3)n1. The van der Waals surface area contributed by atoms with Crippen LogP contribution in [0.25, 0.3) is 0 Å². The topological polar surface area (TPSA) is 65.7 Å². The third-order valence-electron chi connectivity index (χ3n) is 3.28. The van der Waals surface area contributed by atoms with Gasteiger partial charge in [0.2, 0.25) is 5.88 Å². The van der Waals surface area contributed by atoms with Crippen LogP contribution in [-0.4, -0.2) is 31.8 Å². The summed E-state index contributed by atoms with van der Waals surface area (Å²) in [7, 11) is 1.61. The van der Waals surface area contributed by atoms with Gasteiger partial charge in [-0.25, -0.2) is 4.98 Å². The molecule has 7 heteroatoms. The number of ether oxygens (including phenoxy) is 1. The highest BCUT2D eigenvalue weighted by Gasteiger charge is 2.17. The van der Waals surface area contributed by atoms with E-state index in [2.05, 4.69) is 24.7 Å². The molecule has 0 N–H and O–H groups in total. The van der Waals surface area contributed by atoms with Crippen LogP contribution in [0.4, 0.5) is 0 Å². The van der Waals surface area contributed by atoms with Gasteiger partial charge in [0.05, 0.1) is 7.11 Å². The molecule has 0 fully saturated rings. The van der Waals surface area contributed by atoms with Gasteiger partial charge in [0.1, 0.15) is 5.82 Å². The van der Waals surface area contributed by atoms with Crippen molar-refractivity contribution < 1.29 is 4.74 Å². The van der Waals surface area contributed by atoms with Gasteiger partial charge in [-0.15, -0.1) is 10.2 Å². The third-order valence-corrected chi connectivity index (χ3v) is 4.13. The Balaban J connectivity index is 1.88. The van der Waals surface area contributed by atoms with E-state index in [1.165, 1.54) is 31.0 Å². The zero-order valence-corrected chi connectivity index (χ0v) is 12.5. The zero-order valence-electron chi connectivity index (χ0n) is 11.7. The van der Waals surface area contributed by atoms with Gasteiger partial charge in [-0.3, -0.25) is 0 Å². The number of fused-ring (bicyclic) bond motifs is 1. The maximum atomic E-state index is 5.18. The Kier molecular flexibility index (Phi) is 3.86. The largest absolute Gasteiger partial charge is 0.481 e. The van der Waals surface area contributed by atoms with Gasteiger partial charge in [0, 0.05) is 24.7 Å². The van der Waals surface area contributed by atoms with E-state index < -0.39 is 0 Å². The Labute approximate surface area is 122 Å². The first-order chi connectivity index (χ1) is 9.76. The molecule has 0 radical (unpaired) electrons. The molecule has 3 rings (SSSR count). The molecule has 3 heterocycles. The van der Waals surface area contributed by atoms with Gasteiger partial charge in [-0.05, 0) is 31.5 Å². The molecule has 1 aliphatic rings. The molecule has 0 amide bonds. The predicted molar refractivity (Wildman–Crippen MR) is 75.0 cm³/mol. The molecule has 20 heavy (non-hydrogen) atoms. The Morgan fingerprint density at radius 2 is 2.10 bits per heavy atom. The van der Waals surface area contributed by atoms with Gasteiger partial charge in [0.15, 0.2) is 10.3 Å². The average molecular weight is 291 g/mol. The minimum absolute atomic E-state index is 0.579. The molecule has 0 aromatic carbocycles. The van der Waals surface area contributed by atoms with E-state index in [0.717, 1.165) is 29.6 Å². The predicted octanol–water partition coefficient (Wildman–Crippen LogP) is 2.26. The Hall–Kier alpha value is -1.63. The zero-order chi connectivity index (χ0) is 13.9. The first-order valence-corrected chi connectivity index (χ1v) is 7.57. The standard InChI is InChI=1S/C13H17N5OS/c1-9-8-11(19-2)15-12(14-9)20-13-17-16-10-6-4-3-5-7-18(10)13/h8H,3-7H2,1-2H3. The molecule has 0 saturated carbocycles. The van der Waals surface area contributed by atoms with Crippen molar-refractivity contribution in [3.8, 4) is 5.88 Å². The maximum Gasteiger partial charge on any atom is 0.217 e. The van der Waals surface area contributed by atoms with E-state index in [1.807, 2.05) is 13.0 Å². The maximum absolute atomic E-state index is 5.18. The average Bonchev–Trinajstić information content (AvgIpc) is 2.67. The van der Waals surface area contributed by atoms with E-state index in [9.17, 15) is 0 Å². The van der Waals surface area contributed by atoms with Gasteiger partial charge in [-0.1, -0.05) is 6.42 Å². The lowest BCUT2D eigenvalue weighted by Crippen LogP contribution is -2.03. The molecule has 0 unspecified atom stereocenters. The van der Waals surface area contributed by atoms with Crippen LogP contribution in [0.3, 0.4) is 0 Å². The van der Waals surface area contributed by atoms with Crippen LogP contribution in [-0.2, 0) is 13.0 Å². The van der Waals surface area contributed by atoms with Crippen LogP contribution in [0.2, 0.25) is 0 Å². The molecule has 1 aliphatic heterocycles. The van der Waals surface area contributed by atoms with E-state index >= 15 is 0 Å². The minimum Gasteiger partial charge on any atom is -0.481 e. The van der Waals surface area contributed by atoms with Gasteiger partial charge in [-0.2, -0.15) is 4.98 Å². The van der Waals surface area contributed by atoms with Crippen molar-refractivity contribution in [1.82, 2.24) is 24.7 Å². The van der Waals surface area contributed by atoms with E-state index in [1.54, 1.807) is 7.11 Å². The Morgan fingerprint density at radius 3 is 2.95 bits per heavy atom. The quantitative estimate of drug-likeness (QED) is 0.808. The number of aryl methyl sites for hydroxylation is 2. The number of rotatable bonds is 3. The van der Waals surface area contributed by atoms with Crippen LogP contribution in [0, 0.1) is 6.92 Å². The lowest BCUT2D eigenvalue weighted by Gasteiger charge is -2.06. The van der Waals surface area contributed by atoms with Crippen LogP contribution < -0.4 is 4.74 Å². The van der Waals surface area contributed by atoms with Crippen molar-refractivity contribution >= 4 is 11.8 Å². The van der Waals surface area contributed by atoms with Crippen LogP contribution in [0.1, 0.15) is 30.8 Å². The summed E-state index contributed by atoms with van der Waals surface area (Å²) in [5.41, 5.74) is 0.884. The highest BCUT2D eigenvalue weighted by molar-refractivity contribution is 7.99. The van der Waals surface area contributed by atoms with Crippen LogP contribution in [0.15, 0.2) is 16.4 Å². The van der Waals surface area contributed by atoms with Gasteiger partial charge >= 0.3 is 0 Å². The van der Waals surface area contributed by atoms with Gasteiger partial charge < -0.3 is 9.30 Å². The molecular weight excluding hydrogens is 274 g/mol. The Bertz CT molecular complexity index is 613.